The van der Waals surface area contributed by atoms with Gasteiger partial charge in [-0.05, 0) is 90.1 Å². The van der Waals surface area contributed by atoms with Crippen LogP contribution in [0.25, 0.3) is 6.08 Å². The molecule has 0 spiro atoms. The fourth-order valence-corrected chi connectivity index (χ4v) is 9.14. The van der Waals surface area contributed by atoms with Crippen molar-refractivity contribution in [3.8, 4) is 0 Å². The van der Waals surface area contributed by atoms with Crippen LogP contribution in [-0.4, -0.2) is 79.7 Å². The summed E-state index contributed by atoms with van der Waals surface area (Å²) >= 11 is 0. The Morgan fingerprint density at radius 1 is 0.952 bits per heavy atom. The first-order valence-corrected chi connectivity index (χ1v) is 25.6. The maximum absolute atomic E-state index is 13.1. The molecule has 238 valence electrons. The lowest BCUT2D eigenvalue weighted by molar-refractivity contribution is -0.159. The molecule has 0 bridgehead atoms. The van der Waals surface area contributed by atoms with E-state index in [4.69, 9.17) is 27.2 Å². The minimum absolute atomic E-state index is 0.0784. The van der Waals surface area contributed by atoms with Gasteiger partial charge >= 0.3 is 0 Å². The second-order valence-corrected chi connectivity index (χ2v) is 28.3. The Hall–Kier alpha value is -1.19. The van der Waals surface area contributed by atoms with E-state index in [1.54, 1.807) is 24.5 Å². The summed E-state index contributed by atoms with van der Waals surface area (Å²) in [5.74, 6) is 0.292. The summed E-state index contributed by atoms with van der Waals surface area (Å²) in [5, 5.41) is 0. The van der Waals surface area contributed by atoms with Crippen LogP contribution in [0.1, 0.15) is 38.9 Å². The molecule has 0 unspecified atom stereocenters. The van der Waals surface area contributed by atoms with Crippen LogP contribution in [0, 0.1) is 11.8 Å². The number of ketones is 2. The number of hydrogen-bond donors (Lipinski definition) is 0. The van der Waals surface area contributed by atoms with Gasteiger partial charge in [-0.2, -0.15) is 0 Å². The molecule has 3 heterocycles. The van der Waals surface area contributed by atoms with Crippen LogP contribution in [-0.2, 0) is 32.3 Å². The molecule has 0 aromatic carbocycles. The van der Waals surface area contributed by atoms with E-state index in [2.05, 4.69) is 72.8 Å². The zero-order chi connectivity index (χ0) is 31.5. The Labute approximate surface area is 256 Å². The smallest absolute Gasteiger partial charge is 0.184 e. The average Bonchev–Trinajstić information content (AvgIpc) is 3.37. The van der Waals surface area contributed by atoms with Crippen molar-refractivity contribution in [3.63, 3.8) is 0 Å². The van der Waals surface area contributed by atoms with E-state index < -0.39 is 25.0 Å². The first-order valence-electron chi connectivity index (χ1n) is 15.4. The predicted molar refractivity (Wildman–Crippen MR) is 173 cm³/mol. The van der Waals surface area contributed by atoms with Crippen molar-refractivity contribution in [1.82, 2.24) is 0 Å². The average molecular weight is 639 g/mol. The van der Waals surface area contributed by atoms with E-state index in [1.165, 1.54) is 6.08 Å². The summed E-state index contributed by atoms with van der Waals surface area (Å²) in [5.41, 5.74) is 0. The van der Waals surface area contributed by atoms with Crippen LogP contribution >= 0.6 is 0 Å². The minimum Gasteiger partial charge on any atom is -0.465 e. The van der Waals surface area contributed by atoms with Gasteiger partial charge in [0.05, 0.1) is 49.8 Å². The third kappa shape index (κ3) is 11.7. The van der Waals surface area contributed by atoms with Crippen molar-refractivity contribution >= 4 is 42.6 Å². The van der Waals surface area contributed by atoms with Crippen molar-refractivity contribution in [2.75, 3.05) is 6.61 Å². The SMILES string of the molecule is C[C@@H]([C@@H]1O[C@H]1C[C@@H]1OC[C@H](CC(=O)CC(=O)/C=C/c2ccco2)[C@@H](O[Si](C)(C)C)[C@@H]1O[Si](C)(C)C)[C@H](C)O[Si](C)(C)C. The Balaban J connectivity index is 1.71. The molecule has 2 saturated heterocycles. The van der Waals surface area contributed by atoms with Crippen molar-refractivity contribution in [2.45, 2.75) is 129 Å². The molecule has 0 saturated carbocycles. The number of rotatable bonds is 16. The van der Waals surface area contributed by atoms with E-state index in [0.29, 0.717) is 18.8 Å². The molecule has 3 rings (SSSR count). The summed E-state index contributed by atoms with van der Waals surface area (Å²) < 4.78 is 37.8. The molecule has 0 aliphatic carbocycles. The van der Waals surface area contributed by atoms with E-state index in [1.807, 2.05) is 0 Å². The Bertz CT molecular complexity index is 1050. The highest BCUT2D eigenvalue weighted by atomic mass is 28.4. The summed E-state index contributed by atoms with van der Waals surface area (Å²) in [7, 11) is -5.68. The molecule has 2 aliphatic heterocycles. The molecule has 0 radical (unpaired) electrons. The van der Waals surface area contributed by atoms with Gasteiger partial charge in [0.2, 0.25) is 0 Å². The second-order valence-electron chi connectivity index (χ2n) is 14.9. The molecule has 42 heavy (non-hydrogen) atoms. The number of Topliss-reactive ketones (excluding diaryl/α,β-unsaturated/α-hetero) is 1. The van der Waals surface area contributed by atoms with Gasteiger partial charge in [-0.3, -0.25) is 9.59 Å². The maximum Gasteiger partial charge on any atom is 0.184 e. The Kier molecular flexibility index (Phi) is 12.0. The van der Waals surface area contributed by atoms with Gasteiger partial charge in [0.25, 0.3) is 0 Å². The summed E-state index contributed by atoms with van der Waals surface area (Å²) in [6, 6.07) is 3.51. The van der Waals surface area contributed by atoms with E-state index in [-0.39, 0.29) is 72.9 Å². The first kappa shape index (κ1) is 35.3. The minimum atomic E-state index is -2.02. The quantitative estimate of drug-likeness (QED) is 0.0854. The zero-order valence-corrected chi connectivity index (χ0v) is 30.6. The number of carbonyl (C=O) groups is 2. The molecule has 0 amide bonds. The lowest BCUT2D eigenvalue weighted by atomic mass is 9.86. The molecule has 1 aromatic heterocycles. The summed E-state index contributed by atoms with van der Waals surface area (Å²) in [6.45, 7) is 24.4. The van der Waals surface area contributed by atoms with E-state index in [9.17, 15) is 9.59 Å². The normalized spacial score (nSPS) is 28.5. The molecule has 2 fully saturated rings. The highest BCUT2D eigenvalue weighted by Gasteiger charge is 2.51. The van der Waals surface area contributed by atoms with E-state index >= 15 is 0 Å². The van der Waals surface area contributed by atoms with Gasteiger partial charge in [0.1, 0.15) is 11.5 Å². The van der Waals surface area contributed by atoms with Gasteiger partial charge in [-0.15, -0.1) is 0 Å². The largest absolute Gasteiger partial charge is 0.465 e. The highest BCUT2D eigenvalue weighted by molar-refractivity contribution is 6.70. The Morgan fingerprint density at radius 3 is 2.17 bits per heavy atom. The maximum atomic E-state index is 13.1. The lowest BCUT2D eigenvalue weighted by Gasteiger charge is -2.47. The zero-order valence-electron chi connectivity index (χ0n) is 27.6. The predicted octanol–water partition coefficient (Wildman–Crippen LogP) is 6.70. The van der Waals surface area contributed by atoms with Crippen molar-refractivity contribution in [3.05, 3.63) is 30.2 Å². The lowest BCUT2D eigenvalue weighted by Crippen LogP contribution is -2.58. The molecular weight excluding hydrogens is 585 g/mol. The highest BCUT2D eigenvalue weighted by Crippen LogP contribution is 2.40. The van der Waals surface area contributed by atoms with Crippen LogP contribution in [0.4, 0.5) is 0 Å². The molecule has 11 heteroatoms. The van der Waals surface area contributed by atoms with Crippen LogP contribution < -0.4 is 0 Å². The third-order valence-electron chi connectivity index (χ3n) is 7.38. The van der Waals surface area contributed by atoms with Gasteiger partial charge < -0.3 is 27.2 Å². The number of furan rings is 1. The molecule has 2 aliphatic rings. The van der Waals surface area contributed by atoms with Crippen LogP contribution in [0.2, 0.25) is 58.9 Å². The molecular formula is C31H54O8Si3. The number of ether oxygens (including phenoxy) is 2. The number of epoxide rings is 1. The summed E-state index contributed by atoms with van der Waals surface area (Å²) in [4.78, 5) is 25.6. The second kappa shape index (κ2) is 14.3. The van der Waals surface area contributed by atoms with Crippen LogP contribution in [0.15, 0.2) is 28.9 Å². The number of carbonyl (C=O) groups excluding carboxylic acids is 2. The van der Waals surface area contributed by atoms with Gasteiger partial charge in [-0.25, -0.2) is 0 Å². The van der Waals surface area contributed by atoms with Gasteiger partial charge in [-0.1, -0.05) is 6.92 Å². The monoisotopic (exact) mass is 638 g/mol. The van der Waals surface area contributed by atoms with Gasteiger partial charge in [0.15, 0.2) is 30.7 Å². The topological polar surface area (TPSA) is 96.7 Å². The van der Waals surface area contributed by atoms with Crippen molar-refractivity contribution in [1.29, 1.82) is 0 Å². The molecule has 8 atom stereocenters. The molecule has 0 N–H and O–H groups in total. The first-order chi connectivity index (χ1) is 19.3. The fourth-order valence-electron chi connectivity index (χ4n) is 5.57. The van der Waals surface area contributed by atoms with E-state index in [0.717, 1.165) is 0 Å². The van der Waals surface area contributed by atoms with Crippen molar-refractivity contribution in [2.24, 2.45) is 11.8 Å². The number of allylic oxidation sites excluding steroid dienone is 1. The van der Waals surface area contributed by atoms with Crippen LogP contribution in [0.3, 0.4) is 0 Å². The molecule has 8 nitrogen and oxygen atoms in total. The van der Waals surface area contributed by atoms with Crippen LogP contribution in [0.5, 0.6) is 0 Å². The van der Waals surface area contributed by atoms with Gasteiger partial charge in [0, 0.05) is 30.8 Å². The summed E-state index contributed by atoms with van der Waals surface area (Å²) in [6.07, 6.45) is 4.84. The molecule has 1 aromatic rings. The number of hydrogen-bond acceptors (Lipinski definition) is 8. The standard InChI is InChI=1S/C31H54O8Si3/c1-21(22(2)37-40(3,4)5)29-28(36-29)19-27-31(39-42(9,10)11)30(38-41(6,7)8)23(20-35-27)17-25(33)18-24(32)14-15-26-13-12-16-34-26/h12-16,21-23,27-31H,17-20H2,1-11H3/b15-14+/t21-,22+,23+,27+,28+,29+,30-,31-/m1/s1. The fraction of sp³-hybridized carbons (Fsp3) is 0.742. The third-order valence-corrected chi connectivity index (χ3v) is 10.4. The van der Waals surface area contributed by atoms with Crippen molar-refractivity contribution < 1.29 is 36.8 Å². The Morgan fingerprint density at radius 2 is 1.60 bits per heavy atom.